The van der Waals surface area contributed by atoms with Crippen LogP contribution in [0.4, 0.5) is 20.2 Å². The number of thioether (sulfide) groups is 1. The first kappa shape index (κ1) is 48.7. The minimum atomic E-state index is -5.60. The number of hydrogen-bond acceptors (Lipinski definition) is 11. The Morgan fingerprint density at radius 2 is 1.64 bits per heavy atom. The van der Waals surface area contributed by atoms with Crippen LogP contribution < -0.4 is 14.9 Å². The molecule has 4 aromatic carbocycles. The zero-order valence-electron chi connectivity index (χ0n) is 36.9. The van der Waals surface area contributed by atoms with Crippen LogP contribution in [-0.4, -0.2) is 115 Å². The first-order valence-corrected chi connectivity index (χ1v) is 27.0. The molecule has 3 heterocycles. The number of alkyl halides is 2. The summed E-state index contributed by atoms with van der Waals surface area (Å²) in [6.07, 6.45) is 4.91. The van der Waals surface area contributed by atoms with Crippen LogP contribution in [0.2, 0.25) is 10.0 Å². The zero-order valence-corrected chi connectivity index (χ0v) is 40.9. The molecule has 2 bridgehead atoms. The van der Waals surface area contributed by atoms with Gasteiger partial charge in [0.25, 0.3) is 15.9 Å². The highest BCUT2D eigenvalue weighted by molar-refractivity contribution is 7.99. The van der Waals surface area contributed by atoms with Gasteiger partial charge in [-0.1, -0.05) is 73.0 Å². The summed E-state index contributed by atoms with van der Waals surface area (Å²) in [6.45, 7) is 10.8. The summed E-state index contributed by atoms with van der Waals surface area (Å²) in [6, 6.07) is 26.3. The molecule has 354 valence electrons. The zero-order chi connectivity index (χ0) is 46.8. The summed E-state index contributed by atoms with van der Waals surface area (Å²) in [5, 5.41) is 3.24. The molecule has 1 aliphatic carbocycles. The van der Waals surface area contributed by atoms with E-state index in [9.17, 15) is 30.4 Å². The molecule has 0 aromatic heterocycles. The van der Waals surface area contributed by atoms with Gasteiger partial charge in [0.05, 0.1) is 23.4 Å². The van der Waals surface area contributed by atoms with E-state index in [1.165, 1.54) is 34.9 Å². The van der Waals surface area contributed by atoms with Crippen LogP contribution in [0.15, 0.2) is 111 Å². The number of nitrogens with one attached hydrogen (secondary N) is 2. The molecule has 66 heavy (non-hydrogen) atoms. The maximum absolute atomic E-state index is 14.3. The molecule has 3 aliphatic heterocycles. The van der Waals surface area contributed by atoms with Crippen LogP contribution in [-0.2, 0) is 24.6 Å². The third-order valence-corrected chi connectivity index (χ3v) is 18.0. The lowest BCUT2D eigenvalue weighted by molar-refractivity contribution is 0.0299. The number of ether oxygens (including phenoxy) is 1. The molecule has 0 radical (unpaired) electrons. The number of sulfonamides is 1. The number of allylic oxidation sites excluding steroid dienone is 1. The number of nitrogens with zero attached hydrogens (tertiary/aromatic N) is 3. The Morgan fingerprint density at radius 1 is 0.924 bits per heavy atom. The number of amides is 1. The fourth-order valence-corrected chi connectivity index (χ4v) is 13.7. The van der Waals surface area contributed by atoms with E-state index in [4.69, 9.17) is 27.9 Å². The lowest BCUT2D eigenvalue weighted by Gasteiger charge is -2.39. The Bertz CT molecular complexity index is 2630. The Hall–Kier alpha value is -3.74. The monoisotopic (exact) mass is 1000 g/mol. The number of sulfone groups is 1. The first-order valence-electron chi connectivity index (χ1n) is 22.2. The molecule has 0 saturated carbocycles. The minimum absolute atomic E-state index is 0.0259. The third kappa shape index (κ3) is 11.4. The Balaban J connectivity index is 0.938. The third-order valence-electron chi connectivity index (χ3n) is 13.1. The van der Waals surface area contributed by atoms with Crippen molar-refractivity contribution in [3.05, 3.63) is 118 Å². The van der Waals surface area contributed by atoms with Crippen molar-refractivity contribution in [2.45, 2.75) is 84.6 Å². The lowest BCUT2D eigenvalue weighted by Crippen LogP contribution is -2.47. The highest BCUT2D eigenvalue weighted by Gasteiger charge is 2.40. The van der Waals surface area contributed by atoms with Crippen molar-refractivity contribution in [3.63, 3.8) is 0 Å². The van der Waals surface area contributed by atoms with Crippen LogP contribution in [0.25, 0.3) is 5.57 Å². The molecule has 2 N–H and O–H groups in total. The summed E-state index contributed by atoms with van der Waals surface area (Å²) in [5.74, 6) is -4.56. The summed E-state index contributed by atoms with van der Waals surface area (Å²) >= 11 is 14.4. The number of piperazine rings is 1. The van der Waals surface area contributed by atoms with Crippen molar-refractivity contribution >= 4 is 77.7 Å². The molecule has 4 aliphatic rings. The standard InChI is InChI=1S/C48H55Cl2F2N5O6S3/c1-48(2)20-18-34(41(27-48)32-8-12-35(49)13-9-32)28-55-22-24-56(25-23-55)37-14-10-33(11-15-37)46(58)54-66(61,62)43-17-16-42(44(50)45(43)65(59,60)47(51)52)53-36(31-64-40-6-4-3-5-7-40)19-21-57-29-39-26-38(57)30-63-39/h3-17,36,38-39,47,53H,18-31H2,1-2H3,(H,54,58)/t36-,38+,39+/m1/s1. The number of likely N-dealkylation sites (tertiary alicyclic amines) is 1. The van der Waals surface area contributed by atoms with Gasteiger partial charge < -0.3 is 15.0 Å². The van der Waals surface area contributed by atoms with E-state index in [0.717, 1.165) is 81.6 Å². The molecule has 0 spiro atoms. The van der Waals surface area contributed by atoms with Gasteiger partial charge in [-0.3, -0.25) is 14.6 Å². The number of carbonyl (C=O) groups excluding carboxylic acids is 1. The minimum Gasteiger partial charge on any atom is -0.380 e. The van der Waals surface area contributed by atoms with Crippen molar-refractivity contribution < 1.29 is 35.1 Å². The van der Waals surface area contributed by atoms with Crippen molar-refractivity contribution in [1.29, 1.82) is 0 Å². The smallest absolute Gasteiger partial charge is 0.341 e. The normalized spacial score (nSPS) is 20.8. The highest BCUT2D eigenvalue weighted by Crippen LogP contribution is 2.44. The molecule has 3 saturated heterocycles. The van der Waals surface area contributed by atoms with E-state index in [0.29, 0.717) is 36.4 Å². The van der Waals surface area contributed by atoms with E-state index < -0.39 is 46.3 Å². The number of fused-ring (bicyclic) bond motifs is 2. The van der Waals surface area contributed by atoms with E-state index in [-0.39, 0.29) is 28.8 Å². The van der Waals surface area contributed by atoms with Crippen LogP contribution in [0.5, 0.6) is 0 Å². The number of carbonyl (C=O) groups is 1. The largest absolute Gasteiger partial charge is 0.380 e. The van der Waals surface area contributed by atoms with Crippen molar-refractivity contribution in [3.8, 4) is 0 Å². The van der Waals surface area contributed by atoms with Crippen LogP contribution in [0.1, 0.15) is 61.9 Å². The van der Waals surface area contributed by atoms with Crippen molar-refractivity contribution in [2.75, 3.05) is 68.4 Å². The maximum Gasteiger partial charge on any atom is 0.341 e. The Labute approximate surface area is 401 Å². The predicted octanol–water partition coefficient (Wildman–Crippen LogP) is 9.33. The average Bonchev–Trinajstić information content (AvgIpc) is 3.93. The second-order valence-corrected chi connectivity index (χ2v) is 23.7. The van der Waals surface area contributed by atoms with E-state index in [1.807, 2.05) is 47.2 Å². The Morgan fingerprint density at radius 3 is 2.29 bits per heavy atom. The molecule has 4 aromatic rings. The second-order valence-electron chi connectivity index (χ2n) is 18.3. The van der Waals surface area contributed by atoms with Crippen molar-refractivity contribution in [2.24, 2.45) is 5.41 Å². The SMILES string of the molecule is CC1(C)CCC(CN2CCN(c3ccc(C(=O)NS(=O)(=O)c4ccc(N[C@H](CCN5C[C@@H]6C[C@H]5CO6)CSc5ccccc5)c(Cl)c4S(=O)(=O)C(F)F)cc3)CC2)=C(c2ccc(Cl)cc2)C1. The topological polar surface area (TPSA) is 128 Å². The molecule has 3 fully saturated rings. The Kier molecular flexibility index (Phi) is 15.1. The molecule has 1 amide bonds. The van der Waals surface area contributed by atoms with Crippen LogP contribution in [0.3, 0.4) is 0 Å². The fraction of sp³-hybridized carbons (Fsp3) is 0.438. The second kappa shape index (κ2) is 20.5. The average molecular weight is 1000 g/mol. The molecule has 3 atom stereocenters. The van der Waals surface area contributed by atoms with Gasteiger partial charge in [-0.2, -0.15) is 8.78 Å². The highest BCUT2D eigenvalue weighted by atomic mass is 35.5. The number of rotatable bonds is 17. The summed E-state index contributed by atoms with van der Waals surface area (Å²) in [7, 11) is -10.6. The van der Waals surface area contributed by atoms with Gasteiger partial charge in [0.1, 0.15) is 9.79 Å². The van der Waals surface area contributed by atoms with E-state index >= 15 is 0 Å². The van der Waals surface area contributed by atoms with Gasteiger partial charge in [0.2, 0.25) is 9.84 Å². The first-order chi connectivity index (χ1) is 31.5. The molecule has 11 nitrogen and oxygen atoms in total. The number of hydrogen-bond donors (Lipinski definition) is 2. The van der Waals surface area contributed by atoms with E-state index in [2.05, 4.69) is 46.0 Å². The van der Waals surface area contributed by atoms with Crippen molar-refractivity contribution in [1.82, 2.24) is 14.5 Å². The van der Waals surface area contributed by atoms with Gasteiger partial charge in [-0.05, 0) is 109 Å². The summed E-state index contributed by atoms with van der Waals surface area (Å²) in [5.41, 5.74) is 5.08. The van der Waals surface area contributed by atoms with Gasteiger partial charge in [-0.25, -0.2) is 21.6 Å². The summed E-state index contributed by atoms with van der Waals surface area (Å²) < 4.78 is 90.4. The number of anilines is 2. The molecule has 0 unspecified atom stereocenters. The van der Waals surface area contributed by atoms with Crippen LogP contribution >= 0.6 is 35.0 Å². The molecule has 18 heteroatoms. The number of halogens is 4. The fourth-order valence-electron chi connectivity index (χ4n) is 9.38. The number of benzene rings is 4. The molecular formula is C48H55Cl2F2N5O6S3. The molecule has 8 rings (SSSR count). The van der Waals surface area contributed by atoms with E-state index in [1.54, 1.807) is 23.9 Å². The number of morpholine rings is 1. The van der Waals surface area contributed by atoms with Gasteiger partial charge >= 0.3 is 5.76 Å². The predicted molar refractivity (Wildman–Crippen MR) is 259 cm³/mol. The quantitative estimate of drug-likeness (QED) is 0.0983. The molecular weight excluding hydrogens is 948 g/mol. The lowest BCUT2D eigenvalue weighted by atomic mass is 9.72. The van der Waals surface area contributed by atoms with Gasteiger partial charge in [0.15, 0.2) is 0 Å². The van der Waals surface area contributed by atoms with Gasteiger partial charge in [0, 0.05) is 84.8 Å². The van der Waals surface area contributed by atoms with Crippen LogP contribution in [0, 0.1) is 5.41 Å². The summed E-state index contributed by atoms with van der Waals surface area (Å²) in [4.78, 5) is 19.1. The maximum atomic E-state index is 14.3. The van der Waals surface area contributed by atoms with Gasteiger partial charge in [-0.15, -0.1) is 11.8 Å².